The van der Waals surface area contributed by atoms with Gasteiger partial charge in [-0.05, 0) is 50.5 Å². The van der Waals surface area contributed by atoms with Crippen molar-refractivity contribution in [2.45, 2.75) is 75.2 Å². The van der Waals surface area contributed by atoms with Crippen molar-refractivity contribution in [1.29, 1.82) is 0 Å². The van der Waals surface area contributed by atoms with Gasteiger partial charge in [0.05, 0.1) is 23.3 Å². The fraction of sp³-hybridized carbons (Fsp3) is 0.667. The van der Waals surface area contributed by atoms with E-state index in [1.54, 1.807) is 4.57 Å². The highest BCUT2D eigenvalue weighted by molar-refractivity contribution is 8.00. The third kappa shape index (κ3) is 5.14. The Kier molecular flexibility index (Phi) is 6.88. The summed E-state index contributed by atoms with van der Waals surface area (Å²) >= 11 is 2.53. The molecule has 11 heteroatoms. The van der Waals surface area contributed by atoms with E-state index in [1.807, 2.05) is 5.32 Å². The first kappa shape index (κ1) is 23.6. The number of nitrogens with zero attached hydrogens (tertiary/aromatic N) is 2. The maximum absolute atomic E-state index is 13.6. The molecule has 1 saturated heterocycles. The molecular weight excluding hydrogens is 463 g/mol. The molecule has 2 aromatic heterocycles. The molecule has 2 aromatic rings. The van der Waals surface area contributed by atoms with Crippen LogP contribution in [-0.4, -0.2) is 46.1 Å². The average molecular weight is 490 g/mol. The number of carbonyl (C=O) groups is 1. The average Bonchev–Trinajstić information content (AvgIpc) is 3.35. The van der Waals surface area contributed by atoms with Gasteiger partial charge in [0.2, 0.25) is 5.91 Å². The Morgan fingerprint density at radius 1 is 1.41 bits per heavy atom. The number of carbonyl (C=O) groups excluding carboxylic acids is 1. The van der Waals surface area contributed by atoms with Crippen LogP contribution < -0.4 is 10.9 Å². The highest BCUT2D eigenvalue weighted by Gasteiger charge is 2.30. The SMILES string of the molecule is CC1CCc2c(sc3nc(SC(C)C(=O)NCC(F)(F)F)n(CC4CCCO4)c(=O)c23)C1. The number of amides is 1. The van der Waals surface area contributed by atoms with E-state index in [2.05, 4.69) is 6.92 Å². The molecule has 0 aromatic carbocycles. The smallest absolute Gasteiger partial charge is 0.376 e. The summed E-state index contributed by atoms with van der Waals surface area (Å²) in [4.78, 5) is 32.3. The van der Waals surface area contributed by atoms with Crippen LogP contribution in [0.15, 0.2) is 9.95 Å². The summed E-state index contributed by atoms with van der Waals surface area (Å²) in [6.45, 7) is 3.28. The Morgan fingerprint density at radius 3 is 2.88 bits per heavy atom. The van der Waals surface area contributed by atoms with Crippen LogP contribution in [0.2, 0.25) is 0 Å². The first-order valence-electron chi connectivity index (χ1n) is 10.8. The van der Waals surface area contributed by atoms with E-state index in [0.717, 1.165) is 49.4 Å². The predicted octanol–water partition coefficient (Wildman–Crippen LogP) is 3.92. The molecule has 176 valence electrons. The summed E-state index contributed by atoms with van der Waals surface area (Å²) in [6, 6.07) is 0. The van der Waals surface area contributed by atoms with Gasteiger partial charge >= 0.3 is 6.18 Å². The quantitative estimate of drug-likeness (QED) is 0.492. The van der Waals surface area contributed by atoms with Crippen LogP contribution in [0.25, 0.3) is 10.2 Å². The number of ether oxygens (including phenoxy) is 1. The van der Waals surface area contributed by atoms with Crippen molar-refractivity contribution >= 4 is 39.2 Å². The molecule has 6 nitrogen and oxygen atoms in total. The number of thiophene rings is 1. The number of hydrogen-bond donors (Lipinski definition) is 1. The van der Waals surface area contributed by atoms with Gasteiger partial charge in [0.25, 0.3) is 5.56 Å². The van der Waals surface area contributed by atoms with E-state index in [-0.39, 0.29) is 11.7 Å². The molecule has 3 heterocycles. The van der Waals surface area contributed by atoms with Gasteiger partial charge in [-0.25, -0.2) is 4.98 Å². The zero-order chi connectivity index (χ0) is 23.0. The lowest BCUT2D eigenvalue weighted by atomic mass is 9.89. The summed E-state index contributed by atoms with van der Waals surface area (Å²) in [5, 5.41) is 2.06. The summed E-state index contributed by atoms with van der Waals surface area (Å²) in [7, 11) is 0. The number of rotatable bonds is 6. The summed E-state index contributed by atoms with van der Waals surface area (Å²) < 4.78 is 44.7. The van der Waals surface area contributed by atoms with Gasteiger partial charge in [0.1, 0.15) is 11.4 Å². The number of alkyl halides is 3. The van der Waals surface area contributed by atoms with Crippen LogP contribution in [0.5, 0.6) is 0 Å². The zero-order valence-electron chi connectivity index (χ0n) is 18.0. The van der Waals surface area contributed by atoms with Gasteiger partial charge in [-0.2, -0.15) is 13.2 Å². The molecule has 1 aliphatic carbocycles. The molecule has 1 fully saturated rings. The van der Waals surface area contributed by atoms with Gasteiger partial charge in [0, 0.05) is 11.5 Å². The van der Waals surface area contributed by atoms with Crippen molar-refractivity contribution in [2.24, 2.45) is 5.92 Å². The van der Waals surface area contributed by atoms with Crippen LogP contribution in [0.4, 0.5) is 13.2 Å². The van der Waals surface area contributed by atoms with Gasteiger partial charge in [0.15, 0.2) is 5.16 Å². The third-order valence-electron chi connectivity index (χ3n) is 5.90. The standard InChI is InChI=1S/C21H26F3N3O3S2/c1-11-5-6-14-15(8-11)32-18-16(14)19(29)27(9-13-4-3-7-30-13)20(26-18)31-12(2)17(28)25-10-21(22,23)24/h11-13H,3-10H2,1-2H3,(H,25,28). The number of aromatic nitrogens is 2. The fourth-order valence-corrected chi connectivity index (χ4v) is 6.56. The second-order valence-electron chi connectivity index (χ2n) is 8.57. The van der Waals surface area contributed by atoms with E-state index in [9.17, 15) is 22.8 Å². The monoisotopic (exact) mass is 489 g/mol. The highest BCUT2D eigenvalue weighted by atomic mass is 32.2. The lowest BCUT2D eigenvalue weighted by Gasteiger charge is -2.19. The third-order valence-corrected chi connectivity index (χ3v) is 8.14. The van der Waals surface area contributed by atoms with Crippen molar-refractivity contribution < 1.29 is 22.7 Å². The van der Waals surface area contributed by atoms with Crippen LogP contribution >= 0.6 is 23.1 Å². The number of halogens is 3. The lowest BCUT2D eigenvalue weighted by Crippen LogP contribution is -2.38. The Labute approximate surface area is 191 Å². The van der Waals surface area contributed by atoms with E-state index in [4.69, 9.17) is 9.72 Å². The van der Waals surface area contributed by atoms with Gasteiger partial charge in [-0.15, -0.1) is 11.3 Å². The zero-order valence-corrected chi connectivity index (χ0v) is 19.6. The highest BCUT2D eigenvalue weighted by Crippen LogP contribution is 2.37. The van der Waals surface area contributed by atoms with Crippen molar-refractivity contribution in [1.82, 2.24) is 14.9 Å². The largest absolute Gasteiger partial charge is 0.405 e. The second kappa shape index (κ2) is 9.34. The first-order chi connectivity index (χ1) is 15.1. The normalized spacial score (nSPS) is 22.2. The van der Waals surface area contributed by atoms with E-state index >= 15 is 0 Å². The van der Waals surface area contributed by atoms with Gasteiger partial charge < -0.3 is 10.1 Å². The van der Waals surface area contributed by atoms with Crippen LogP contribution in [0, 0.1) is 5.92 Å². The topological polar surface area (TPSA) is 73.2 Å². The fourth-order valence-electron chi connectivity index (χ4n) is 4.19. The Balaban J connectivity index is 1.68. The molecule has 32 heavy (non-hydrogen) atoms. The minimum atomic E-state index is -4.48. The molecule has 0 bridgehead atoms. The molecule has 0 radical (unpaired) electrons. The molecule has 1 amide bonds. The molecule has 3 atom stereocenters. The molecule has 4 rings (SSSR count). The van der Waals surface area contributed by atoms with Crippen LogP contribution in [0.1, 0.15) is 43.6 Å². The van der Waals surface area contributed by atoms with Crippen molar-refractivity contribution in [3.8, 4) is 0 Å². The predicted molar refractivity (Wildman–Crippen MR) is 118 cm³/mol. The molecule has 0 saturated carbocycles. The molecule has 1 N–H and O–H groups in total. The minimum absolute atomic E-state index is 0.116. The van der Waals surface area contributed by atoms with Crippen molar-refractivity contribution in [2.75, 3.05) is 13.2 Å². The first-order valence-corrected chi connectivity index (χ1v) is 12.5. The summed E-state index contributed by atoms with van der Waals surface area (Å²) in [5.41, 5.74) is 0.928. The molecule has 2 aliphatic rings. The number of fused-ring (bicyclic) bond motifs is 3. The van der Waals surface area contributed by atoms with Crippen LogP contribution in [-0.2, 0) is 28.9 Å². The maximum Gasteiger partial charge on any atom is 0.405 e. The molecule has 1 aliphatic heterocycles. The number of nitrogens with one attached hydrogen (secondary N) is 1. The number of aryl methyl sites for hydroxylation is 1. The van der Waals surface area contributed by atoms with E-state index in [1.165, 1.54) is 23.1 Å². The van der Waals surface area contributed by atoms with Gasteiger partial charge in [-0.3, -0.25) is 14.2 Å². The Hall–Kier alpha value is -1.59. The minimum Gasteiger partial charge on any atom is -0.376 e. The summed E-state index contributed by atoms with van der Waals surface area (Å²) in [6.07, 6.45) is -0.0654. The number of thioether (sulfide) groups is 1. The molecule has 0 spiro atoms. The van der Waals surface area contributed by atoms with E-state index in [0.29, 0.717) is 34.4 Å². The second-order valence-corrected chi connectivity index (χ2v) is 11.0. The Morgan fingerprint density at radius 2 is 2.19 bits per heavy atom. The maximum atomic E-state index is 13.6. The van der Waals surface area contributed by atoms with Gasteiger partial charge in [-0.1, -0.05) is 18.7 Å². The Bertz CT molecular complexity index is 1060. The van der Waals surface area contributed by atoms with Crippen molar-refractivity contribution in [3.05, 3.63) is 20.8 Å². The van der Waals surface area contributed by atoms with Crippen molar-refractivity contribution in [3.63, 3.8) is 0 Å². The summed E-state index contributed by atoms with van der Waals surface area (Å²) in [5.74, 6) is -0.194. The number of hydrogen-bond acceptors (Lipinski definition) is 6. The van der Waals surface area contributed by atoms with Crippen LogP contribution in [0.3, 0.4) is 0 Å². The molecule has 3 unspecified atom stereocenters. The van der Waals surface area contributed by atoms with E-state index < -0.39 is 23.9 Å². The molecular formula is C21H26F3N3O3S2. The lowest BCUT2D eigenvalue weighted by molar-refractivity contribution is -0.137.